The number of aromatic hydroxyl groups is 1. The van der Waals surface area contributed by atoms with Crippen LogP contribution in [0.4, 0.5) is 17.1 Å². The van der Waals surface area contributed by atoms with Gasteiger partial charge in [0.15, 0.2) is 0 Å². The van der Waals surface area contributed by atoms with E-state index in [0.29, 0.717) is 11.3 Å². The molecule has 6 atom stereocenters. The number of aryl methyl sites for hydroxylation is 1. The van der Waals surface area contributed by atoms with Gasteiger partial charge in [-0.25, -0.2) is 9.80 Å². The molecule has 3 aromatic carbocycles. The van der Waals surface area contributed by atoms with Crippen LogP contribution in [0.2, 0.25) is 0 Å². The van der Waals surface area contributed by atoms with Gasteiger partial charge in [0.05, 0.1) is 39.5 Å². The van der Waals surface area contributed by atoms with E-state index in [1.54, 1.807) is 49.4 Å². The van der Waals surface area contributed by atoms with E-state index >= 15 is 0 Å². The molecule has 3 aromatic rings. The lowest BCUT2D eigenvalue weighted by molar-refractivity contribution is -0.384. The molecule has 0 aromatic heterocycles. The number of benzene rings is 3. The number of allylic oxidation sites excluding steroid dienone is 2. The number of fused-ring (bicyclic) bond motifs is 4. The maximum Gasteiger partial charge on any atom is 0.271 e. The second-order valence-electron chi connectivity index (χ2n) is 12.3. The zero-order valence-electron chi connectivity index (χ0n) is 24.0. The smallest absolute Gasteiger partial charge is 0.271 e. The van der Waals surface area contributed by atoms with Crippen molar-refractivity contribution < 1.29 is 29.2 Å². The number of anilines is 2. The van der Waals surface area contributed by atoms with Crippen molar-refractivity contribution in [3.63, 3.8) is 0 Å². The topological polar surface area (TPSA) is 138 Å². The minimum absolute atomic E-state index is 0.101. The monoisotopic (exact) mass is 591 g/mol. The summed E-state index contributed by atoms with van der Waals surface area (Å²) in [6.45, 7) is 3.58. The van der Waals surface area contributed by atoms with Crippen molar-refractivity contribution in [3.8, 4) is 5.75 Å². The Kier molecular flexibility index (Phi) is 6.11. The normalized spacial score (nSPS) is 29.3. The summed E-state index contributed by atoms with van der Waals surface area (Å²) in [5.41, 5.74) is 1.37. The number of para-hydroxylation sites is 1. The minimum Gasteiger partial charge on any atom is -0.508 e. The molecule has 1 saturated carbocycles. The molecule has 1 N–H and O–H groups in total. The van der Waals surface area contributed by atoms with Crippen molar-refractivity contribution >= 4 is 40.7 Å². The summed E-state index contributed by atoms with van der Waals surface area (Å²) in [6, 6.07) is 19.4. The van der Waals surface area contributed by atoms with Gasteiger partial charge in [-0.15, -0.1) is 0 Å². The van der Waals surface area contributed by atoms with Crippen LogP contribution in [0.25, 0.3) is 0 Å². The van der Waals surface area contributed by atoms with Crippen molar-refractivity contribution in [2.24, 2.45) is 29.1 Å². The summed E-state index contributed by atoms with van der Waals surface area (Å²) in [7, 11) is 0. The number of carbonyl (C=O) groups is 4. The number of carbonyl (C=O) groups excluding carboxylic acids is 4. The largest absolute Gasteiger partial charge is 0.508 e. The van der Waals surface area contributed by atoms with E-state index in [1.165, 1.54) is 29.2 Å². The lowest BCUT2D eigenvalue weighted by Crippen LogP contribution is -2.48. The van der Waals surface area contributed by atoms with Crippen LogP contribution in [0.15, 0.2) is 84.4 Å². The highest BCUT2D eigenvalue weighted by atomic mass is 16.6. The molecule has 4 aliphatic rings. The van der Waals surface area contributed by atoms with Crippen LogP contribution >= 0.6 is 0 Å². The lowest BCUT2D eigenvalue weighted by Gasteiger charge is -2.49. The number of rotatable bonds is 4. The number of non-ortho nitro benzene ring substituents is 1. The van der Waals surface area contributed by atoms with Crippen LogP contribution in [-0.2, 0) is 19.2 Å². The Hall–Kier alpha value is -5.12. The molecule has 44 heavy (non-hydrogen) atoms. The molecule has 4 amide bonds. The Balaban J connectivity index is 1.36. The summed E-state index contributed by atoms with van der Waals surface area (Å²) in [4.78, 5) is 69.6. The molecule has 2 aliphatic carbocycles. The number of nitro groups is 1. The van der Waals surface area contributed by atoms with Gasteiger partial charge in [0.2, 0.25) is 23.6 Å². The molecule has 0 bridgehead atoms. The van der Waals surface area contributed by atoms with Crippen molar-refractivity contribution in [3.05, 3.63) is 106 Å². The quantitative estimate of drug-likeness (QED) is 0.194. The van der Waals surface area contributed by atoms with Crippen molar-refractivity contribution in [1.29, 1.82) is 0 Å². The van der Waals surface area contributed by atoms with Gasteiger partial charge in [0, 0.05) is 18.1 Å². The fraction of sp³-hybridized carbons (Fsp3) is 0.294. The highest BCUT2D eigenvalue weighted by molar-refractivity contribution is 6.25. The maximum atomic E-state index is 14.4. The SMILES string of the molecule is Cc1cc([C@H]2C3=CC[C@@H]4C(=O)N(c5cccc([N+](=O)[O-])c5)C(=O)[C@@H]4[C@@H]3C[C@H]3C(=O)N(c4ccccc4)C(=O)[C@@]23C)ccc1O. The van der Waals surface area contributed by atoms with Crippen LogP contribution in [0.1, 0.15) is 36.8 Å². The number of nitro benzene ring substituents is 1. The molecule has 10 heteroatoms. The van der Waals surface area contributed by atoms with Gasteiger partial charge in [-0.05, 0) is 68.0 Å². The zero-order valence-corrected chi connectivity index (χ0v) is 24.0. The molecule has 0 spiro atoms. The average Bonchev–Trinajstić information content (AvgIpc) is 3.38. The van der Waals surface area contributed by atoms with Crippen LogP contribution in [0.3, 0.4) is 0 Å². The molecule has 3 fully saturated rings. The second-order valence-corrected chi connectivity index (χ2v) is 12.3. The van der Waals surface area contributed by atoms with Gasteiger partial charge in [0.25, 0.3) is 5.69 Å². The van der Waals surface area contributed by atoms with Gasteiger partial charge in [-0.1, -0.05) is 48.0 Å². The van der Waals surface area contributed by atoms with Crippen LogP contribution < -0.4 is 9.80 Å². The molecule has 0 unspecified atom stereocenters. The van der Waals surface area contributed by atoms with E-state index in [4.69, 9.17) is 0 Å². The molecule has 7 rings (SSSR count). The third-order valence-electron chi connectivity index (χ3n) is 10.1. The third kappa shape index (κ3) is 3.73. The number of phenolic OH excluding ortho intramolecular Hbond substituents is 1. The number of amides is 4. The Bertz CT molecular complexity index is 1820. The molecule has 2 saturated heterocycles. The predicted octanol–water partition coefficient (Wildman–Crippen LogP) is 5.04. The van der Waals surface area contributed by atoms with Gasteiger partial charge in [-0.3, -0.25) is 29.3 Å². The first kappa shape index (κ1) is 27.7. The van der Waals surface area contributed by atoms with E-state index in [2.05, 4.69) is 0 Å². The highest BCUT2D eigenvalue weighted by Crippen LogP contribution is 2.63. The Morgan fingerprint density at radius 3 is 2.30 bits per heavy atom. The fourth-order valence-electron chi connectivity index (χ4n) is 8.08. The number of imide groups is 2. The summed E-state index contributed by atoms with van der Waals surface area (Å²) in [5, 5.41) is 21.8. The van der Waals surface area contributed by atoms with Gasteiger partial charge in [-0.2, -0.15) is 0 Å². The molecule has 222 valence electrons. The van der Waals surface area contributed by atoms with Crippen LogP contribution in [0, 0.1) is 46.1 Å². The third-order valence-corrected chi connectivity index (χ3v) is 10.1. The minimum atomic E-state index is -1.18. The number of nitrogens with zero attached hydrogens (tertiary/aromatic N) is 3. The van der Waals surface area contributed by atoms with Gasteiger partial charge >= 0.3 is 0 Å². The Morgan fingerprint density at radius 1 is 0.864 bits per heavy atom. The predicted molar refractivity (Wildman–Crippen MR) is 159 cm³/mol. The Morgan fingerprint density at radius 2 is 1.59 bits per heavy atom. The number of hydrogen-bond donors (Lipinski definition) is 1. The summed E-state index contributed by atoms with van der Waals surface area (Å²) < 4.78 is 0. The highest BCUT2D eigenvalue weighted by Gasteiger charge is 2.67. The van der Waals surface area contributed by atoms with Gasteiger partial charge in [0.1, 0.15) is 5.75 Å². The first-order chi connectivity index (χ1) is 21.0. The number of phenols is 1. The van der Waals surface area contributed by atoms with Crippen molar-refractivity contribution in [2.75, 3.05) is 9.80 Å². The second kappa shape index (κ2) is 9.70. The summed E-state index contributed by atoms with van der Waals surface area (Å²) in [5.74, 6) is -4.84. The standard InChI is InChI=1S/C34H29N3O7/c1-18-15-19(11-14-27(18)38)29-23-12-13-24-28(32(41)35(30(24)39)21-9-6-10-22(16-21)37(43)44)25(23)17-26-31(40)36(33(42)34(26,29)2)20-7-4-3-5-8-20/h3-12,14-16,24-26,28-29,38H,13,17H2,1-2H3/t24-,25+,26-,28-,29-,34+/m0/s1. The summed E-state index contributed by atoms with van der Waals surface area (Å²) >= 11 is 0. The first-order valence-corrected chi connectivity index (χ1v) is 14.6. The first-order valence-electron chi connectivity index (χ1n) is 14.6. The van der Waals surface area contributed by atoms with Crippen molar-refractivity contribution in [1.82, 2.24) is 0 Å². The lowest BCUT2D eigenvalue weighted by atomic mass is 9.51. The maximum absolute atomic E-state index is 14.4. The summed E-state index contributed by atoms with van der Waals surface area (Å²) in [6.07, 6.45) is 2.41. The van der Waals surface area contributed by atoms with Crippen LogP contribution in [0.5, 0.6) is 5.75 Å². The van der Waals surface area contributed by atoms with E-state index < -0.39 is 51.7 Å². The van der Waals surface area contributed by atoms with Crippen LogP contribution in [-0.4, -0.2) is 33.7 Å². The van der Waals surface area contributed by atoms with E-state index in [-0.39, 0.29) is 41.8 Å². The molecular weight excluding hydrogens is 562 g/mol. The van der Waals surface area contributed by atoms with E-state index in [0.717, 1.165) is 16.0 Å². The number of hydrogen-bond acceptors (Lipinski definition) is 7. The zero-order chi connectivity index (χ0) is 31.1. The molecule has 10 nitrogen and oxygen atoms in total. The molecule has 2 heterocycles. The fourth-order valence-corrected chi connectivity index (χ4v) is 8.08. The molecule has 2 aliphatic heterocycles. The van der Waals surface area contributed by atoms with Gasteiger partial charge < -0.3 is 5.11 Å². The Labute approximate surface area is 252 Å². The average molecular weight is 592 g/mol. The van der Waals surface area contributed by atoms with Crippen molar-refractivity contribution in [2.45, 2.75) is 32.6 Å². The van der Waals surface area contributed by atoms with E-state index in [1.807, 2.05) is 19.1 Å². The molecular formula is C34H29N3O7. The van der Waals surface area contributed by atoms with E-state index in [9.17, 15) is 34.4 Å². The molecule has 0 radical (unpaired) electrons.